The first-order valence-electron chi connectivity index (χ1n) is 6.03. The van der Waals surface area contributed by atoms with Crippen LogP contribution in [0.3, 0.4) is 0 Å². The van der Waals surface area contributed by atoms with Gasteiger partial charge in [0.05, 0.1) is 5.69 Å². The first kappa shape index (κ1) is 16.3. The maximum atomic E-state index is 12.6. The van der Waals surface area contributed by atoms with Crippen molar-refractivity contribution in [2.24, 2.45) is 7.05 Å². The van der Waals surface area contributed by atoms with E-state index in [0.717, 1.165) is 12.2 Å². The SMILES string of the molecule is CCC(CSC)N(C)S(=O)(=O)c1c(N)nn(C)c1C. The maximum Gasteiger partial charge on any atom is 0.248 e. The molecule has 110 valence electrons. The van der Waals surface area contributed by atoms with Crippen molar-refractivity contribution in [3.8, 4) is 0 Å². The smallest absolute Gasteiger partial charge is 0.248 e. The summed E-state index contributed by atoms with van der Waals surface area (Å²) >= 11 is 1.63. The molecule has 0 amide bonds. The summed E-state index contributed by atoms with van der Waals surface area (Å²) in [5, 5.41) is 3.97. The monoisotopic (exact) mass is 306 g/mol. The lowest BCUT2D eigenvalue weighted by molar-refractivity contribution is 0.385. The molecule has 0 fully saturated rings. The average Bonchev–Trinajstić information content (AvgIpc) is 2.59. The van der Waals surface area contributed by atoms with Gasteiger partial charge in [-0.15, -0.1) is 0 Å². The molecule has 2 N–H and O–H groups in total. The summed E-state index contributed by atoms with van der Waals surface area (Å²) in [7, 11) is -0.314. The van der Waals surface area contributed by atoms with Gasteiger partial charge >= 0.3 is 0 Å². The van der Waals surface area contributed by atoms with Gasteiger partial charge in [0.25, 0.3) is 0 Å². The lowest BCUT2D eigenvalue weighted by Gasteiger charge is -2.26. The van der Waals surface area contributed by atoms with Crippen LogP contribution in [-0.2, 0) is 17.1 Å². The average molecular weight is 306 g/mol. The molecule has 0 saturated carbocycles. The van der Waals surface area contributed by atoms with Crippen molar-refractivity contribution in [1.29, 1.82) is 0 Å². The maximum absolute atomic E-state index is 12.6. The molecule has 0 spiro atoms. The summed E-state index contributed by atoms with van der Waals surface area (Å²) in [5.74, 6) is 0.816. The molecule has 1 heterocycles. The van der Waals surface area contributed by atoms with Gasteiger partial charge in [-0.2, -0.15) is 21.2 Å². The zero-order valence-corrected chi connectivity index (χ0v) is 13.7. The lowest BCUT2D eigenvalue weighted by Crippen LogP contribution is -2.38. The minimum atomic E-state index is -3.60. The van der Waals surface area contributed by atoms with Gasteiger partial charge in [-0.3, -0.25) is 4.68 Å². The highest BCUT2D eigenvalue weighted by Crippen LogP contribution is 2.26. The summed E-state index contributed by atoms with van der Waals surface area (Å²) in [6.07, 6.45) is 2.72. The van der Waals surface area contributed by atoms with Crippen LogP contribution in [0, 0.1) is 6.92 Å². The minimum absolute atomic E-state index is 0.0426. The van der Waals surface area contributed by atoms with Gasteiger partial charge in [0, 0.05) is 25.9 Å². The van der Waals surface area contributed by atoms with E-state index in [1.165, 1.54) is 8.99 Å². The van der Waals surface area contributed by atoms with E-state index in [9.17, 15) is 8.42 Å². The summed E-state index contributed by atoms with van der Waals surface area (Å²) in [6, 6.07) is -0.0426. The summed E-state index contributed by atoms with van der Waals surface area (Å²) in [4.78, 5) is 0.122. The molecule has 1 aromatic rings. The van der Waals surface area contributed by atoms with E-state index in [2.05, 4.69) is 5.10 Å². The van der Waals surface area contributed by atoms with Crippen LogP contribution < -0.4 is 5.73 Å². The Hall–Kier alpha value is -0.730. The molecular formula is C11H22N4O2S2. The number of anilines is 1. The van der Waals surface area contributed by atoms with Crippen LogP contribution in [-0.4, -0.2) is 47.6 Å². The molecule has 19 heavy (non-hydrogen) atoms. The standard InChI is InChI=1S/C11H22N4O2S2/c1-6-9(7-18-5)15(4)19(16,17)10-8(2)14(3)13-11(10)12/h9H,6-7H2,1-5H3,(H2,12,13). The van der Waals surface area contributed by atoms with Gasteiger partial charge in [0.15, 0.2) is 5.82 Å². The number of rotatable bonds is 6. The fraction of sp³-hybridized carbons (Fsp3) is 0.727. The Morgan fingerprint density at radius 1 is 1.53 bits per heavy atom. The molecule has 6 nitrogen and oxygen atoms in total. The molecule has 1 aromatic heterocycles. The van der Waals surface area contributed by atoms with E-state index >= 15 is 0 Å². The highest BCUT2D eigenvalue weighted by Gasteiger charge is 2.32. The van der Waals surface area contributed by atoms with Crippen LogP contribution in [0.15, 0.2) is 4.90 Å². The molecule has 0 bridgehead atoms. The van der Waals surface area contributed by atoms with Crippen molar-refractivity contribution < 1.29 is 8.42 Å². The number of thioether (sulfide) groups is 1. The normalized spacial score (nSPS) is 14.0. The summed E-state index contributed by atoms with van der Waals surface area (Å²) < 4.78 is 28.2. The second-order valence-corrected chi connectivity index (χ2v) is 7.31. The van der Waals surface area contributed by atoms with E-state index in [-0.39, 0.29) is 16.8 Å². The second kappa shape index (κ2) is 6.15. The predicted octanol–water partition coefficient (Wildman–Crippen LogP) is 1.07. The van der Waals surface area contributed by atoms with E-state index in [1.54, 1.807) is 32.8 Å². The van der Waals surface area contributed by atoms with E-state index in [1.807, 2.05) is 13.2 Å². The minimum Gasteiger partial charge on any atom is -0.381 e. The van der Waals surface area contributed by atoms with Crippen LogP contribution in [0.5, 0.6) is 0 Å². The van der Waals surface area contributed by atoms with Crippen molar-refractivity contribution in [3.63, 3.8) is 0 Å². The Morgan fingerprint density at radius 3 is 2.47 bits per heavy atom. The Bertz CT molecular complexity index is 539. The van der Waals surface area contributed by atoms with E-state index in [4.69, 9.17) is 5.73 Å². The third kappa shape index (κ3) is 3.06. The van der Waals surface area contributed by atoms with Crippen LogP contribution in [0.4, 0.5) is 5.82 Å². The number of hydrogen-bond donors (Lipinski definition) is 1. The van der Waals surface area contributed by atoms with Crippen molar-refractivity contribution in [1.82, 2.24) is 14.1 Å². The molecule has 0 radical (unpaired) electrons. The fourth-order valence-electron chi connectivity index (χ4n) is 1.95. The Kier molecular flexibility index (Phi) is 5.28. The van der Waals surface area contributed by atoms with E-state index in [0.29, 0.717) is 5.69 Å². The van der Waals surface area contributed by atoms with Crippen LogP contribution in [0.1, 0.15) is 19.0 Å². The molecule has 1 rings (SSSR count). The number of nitrogens with two attached hydrogens (primary N) is 1. The fourth-order valence-corrected chi connectivity index (χ4v) is 4.60. The molecule has 0 aliphatic carbocycles. The molecule has 8 heteroatoms. The Labute approximate surface area is 119 Å². The number of aromatic nitrogens is 2. The molecule has 1 atom stereocenters. The number of sulfonamides is 1. The lowest BCUT2D eigenvalue weighted by atomic mass is 10.3. The molecule has 0 saturated heterocycles. The number of nitrogen functional groups attached to an aromatic ring is 1. The van der Waals surface area contributed by atoms with Gasteiger partial charge in [-0.25, -0.2) is 8.42 Å². The van der Waals surface area contributed by atoms with Crippen molar-refractivity contribution in [2.75, 3.05) is 24.8 Å². The predicted molar refractivity (Wildman–Crippen MR) is 79.8 cm³/mol. The third-order valence-electron chi connectivity index (χ3n) is 3.29. The largest absolute Gasteiger partial charge is 0.381 e. The van der Waals surface area contributed by atoms with Crippen molar-refractivity contribution >= 4 is 27.6 Å². The quantitative estimate of drug-likeness (QED) is 0.850. The Balaban J connectivity index is 3.23. The number of hydrogen-bond acceptors (Lipinski definition) is 5. The number of aryl methyl sites for hydroxylation is 1. The second-order valence-electron chi connectivity index (χ2n) is 4.46. The first-order valence-corrected chi connectivity index (χ1v) is 8.86. The Morgan fingerprint density at radius 2 is 2.11 bits per heavy atom. The topological polar surface area (TPSA) is 81.2 Å². The molecule has 0 aliphatic rings. The number of nitrogens with zero attached hydrogens (tertiary/aromatic N) is 3. The highest BCUT2D eigenvalue weighted by molar-refractivity contribution is 7.98. The van der Waals surface area contributed by atoms with Crippen LogP contribution in [0.2, 0.25) is 0 Å². The summed E-state index contributed by atoms with van der Waals surface area (Å²) in [6.45, 7) is 3.69. The van der Waals surface area contributed by atoms with Gasteiger partial charge < -0.3 is 5.73 Å². The molecule has 0 aromatic carbocycles. The molecule has 1 unspecified atom stereocenters. The van der Waals surface area contributed by atoms with Gasteiger partial charge in [-0.1, -0.05) is 6.92 Å². The zero-order chi connectivity index (χ0) is 14.8. The molecular weight excluding hydrogens is 284 g/mol. The summed E-state index contributed by atoms with van der Waals surface area (Å²) in [5.41, 5.74) is 6.30. The van der Waals surface area contributed by atoms with Gasteiger partial charge in [-0.05, 0) is 19.6 Å². The van der Waals surface area contributed by atoms with Crippen LogP contribution >= 0.6 is 11.8 Å². The van der Waals surface area contributed by atoms with Crippen molar-refractivity contribution in [3.05, 3.63) is 5.69 Å². The highest BCUT2D eigenvalue weighted by atomic mass is 32.2. The first-order chi connectivity index (χ1) is 8.77. The van der Waals surface area contributed by atoms with Gasteiger partial charge in [0.1, 0.15) is 4.90 Å². The van der Waals surface area contributed by atoms with Crippen LogP contribution in [0.25, 0.3) is 0 Å². The zero-order valence-electron chi connectivity index (χ0n) is 12.0. The van der Waals surface area contributed by atoms with Crippen molar-refractivity contribution in [2.45, 2.75) is 31.2 Å². The molecule has 0 aliphatic heterocycles. The van der Waals surface area contributed by atoms with E-state index < -0.39 is 10.0 Å². The third-order valence-corrected chi connectivity index (χ3v) is 6.08. The van der Waals surface area contributed by atoms with Gasteiger partial charge in [0.2, 0.25) is 10.0 Å².